The van der Waals surface area contributed by atoms with Gasteiger partial charge in [-0.25, -0.2) is 0 Å². The Labute approximate surface area is 398 Å². The Morgan fingerprint density at radius 3 is 1.29 bits per heavy atom. The zero-order valence-corrected chi connectivity index (χ0v) is 38.4. The molecule has 4 aliphatic carbocycles. The molecule has 0 bridgehead atoms. The topological polar surface area (TPSA) is 17.1 Å². The number of hydrogen-bond donors (Lipinski definition) is 0. The largest absolute Gasteiger partial charge is 0.289 e. The second-order valence-electron chi connectivity index (χ2n) is 19.5. The van der Waals surface area contributed by atoms with E-state index in [0.717, 1.165) is 38.9 Å². The summed E-state index contributed by atoms with van der Waals surface area (Å²) in [6.07, 6.45) is 0. The standard InChI is InChI=1S/C67H44O/c1-39-21-23-41(3)55(33-39)43-25-29-53-54-30-26-44(56-34-40(2)22-24-42(56)4)36-62(54)67(61(53)35-43)60-20-12-8-16-50(60)52-32-28-46(38-64(52)67)65(68)45-27-31-51-49-15-7-11-19-59(49)66(63(51)37-45)57-17-9-5-13-47(57)48-14-6-10-18-58(48)66/h5-25,27-29,31-38H,1-4H3. The van der Waals surface area contributed by atoms with Crippen molar-refractivity contribution in [2.24, 2.45) is 0 Å². The van der Waals surface area contributed by atoms with Crippen molar-refractivity contribution in [3.63, 3.8) is 0 Å². The fourth-order valence-corrected chi connectivity index (χ4v) is 13.0. The molecule has 10 aromatic rings. The second kappa shape index (κ2) is 13.9. The third kappa shape index (κ3) is 4.94. The fraction of sp³-hybridized carbons (Fsp3) is 0.0896. The first-order valence-electron chi connectivity index (χ1n) is 23.8. The summed E-state index contributed by atoms with van der Waals surface area (Å²) in [5.41, 5.74) is 28.7. The van der Waals surface area contributed by atoms with Gasteiger partial charge in [0.05, 0.1) is 10.8 Å². The van der Waals surface area contributed by atoms with Crippen molar-refractivity contribution in [2.45, 2.75) is 38.5 Å². The summed E-state index contributed by atoms with van der Waals surface area (Å²) in [6, 6.07) is 78.5. The van der Waals surface area contributed by atoms with Gasteiger partial charge in [-0.1, -0.05) is 193 Å². The van der Waals surface area contributed by atoms with Crippen LogP contribution < -0.4 is 0 Å². The van der Waals surface area contributed by atoms with Gasteiger partial charge in [-0.15, -0.1) is 0 Å². The van der Waals surface area contributed by atoms with E-state index in [1.807, 2.05) is 0 Å². The molecule has 14 rings (SSSR count). The lowest BCUT2D eigenvalue weighted by molar-refractivity contribution is 0.103. The van der Waals surface area contributed by atoms with Gasteiger partial charge in [0.15, 0.2) is 5.78 Å². The molecular weight excluding hydrogens is 821 g/mol. The first kappa shape index (κ1) is 38.9. The molecule has 0 aromatic heterocycles. The highest BCUT2D eigenvalue weighted by Crippen LogP contribution is 2.65. The molecule has 0 N–H and O–H groups in total. The number of carbonyl (C=O) groups is 1. The highest BCUT2D eigenvalue weighted by molar-refractivity contribution is 6.11. The van der Waals surface area contributed by atoms with Gasteiger partial charge in [-0.2, -0.15) is 0 Å². The summed E-state index contributed by atoms with van der Waals surface area (Å²) >= 11 is 0. The van der Waals surface area contributed by atoms with Crippen LogP contribution in [0.1, 0.15) is 82.7 Å². The van der Waals surface area contributed by atoms with Gasteiger partial charge in [0.2, 0.25) is 0 Å². The summed E-state index contributed by atoms with van der Waals surface area (Å²) in [7, 11) is 0. The summed E-state index contributed by atoms with van der Waals surface area (Å²) in [6.45, 7) is 8.70. The molecule has 1 atom stereocenters. The van der Waals surface area contributed by atoms with E-state index in [9.17, 15) is 0 Å². The van der Waals surface area contributed by atoms with E-state index >= 15 is 4.79 Å². The number of hydrogen-bond acceptors (Lipinski definition) is 1. The minimum absolute atomic E-state index is 0.0130. The zero-order chi connectivity index (χ0) is 45.6. The summed E-state index contributed by atoms with van der Waals surface area (Å²) in [4.78, 5) is 15.6. The molecule has 1 nitrogen and oxygen atoms in total. The first-order chi connectivity index (χ1) is 33.3. The molecule has 0 saturated carbocycles. The molecule has 0 saturated heterocycles. The van der Waals surface area contributed by atoms with Crippen LogP contribution in [0.3, 0.4) is 0 Å². The third-order valence-electron chi connectivity index (χ3n) is 15.9. The molecule has 0 fully saturated rings. The van der Waals surface area contributed by atoms with Gasteiger partial charge in [-0.3, -0.25) is 4.79 Å². The Kier molecular flexibility index (Phi) is 7.93. The average Bonchev–Trinajstić information content (AvgIpc) is 4.05. The van der Waals surface area contributed by atoms with Crippen LogP contribution in [-0.4, -0.2) is 5.78 Å². The van der Waals surface area contributed by atoms with Gasteiger partial charge in [0, 0.05) is 22.3 Å². The number of rotatable bonds is 4. The molecule has 0 aliphatic heterocycles. The molecule has 2 spiro atoms. The van der Waals surface area contributed by atoms with Crippen LogP contribution in [0.25, 0.3) is 66.8 Å². The Morgan fingerprint density at radius 1 is 0.338 bits per heavy atom. The number of benzene rings is 9. The van der Waals surface area contributed by atoms with Gasteiger partial charge in [0.25, 0.3) is 0 Å². The lowest BCUT2D eigenvalue weighted by Crippen LogP contribution is -2.26. The highest BCUT2D eigenvalue weighted by atomic mass is 16.1. The van der Waals surface area contributed by atoms with E-state index < -0.39 is 10.8 Å². The van der Waals surface area contributed by atoms with Gasteiger partial charge in [-0.05, 0) is 163 Å². The molecule has 0 radical (unpaired) electrons. The molecule has 10 aromatic carbocycles. The Balaban J connectivity index is 0.998. The van der Waals surface area contributed by atoms with Crippen molar-refractivity contribution in [1.29, 1.82) is 0 Å². The van der Waals surface area contributed by atoms with Crippen LogP contribution in [0.5, 0.6) is 0 Å². The van der Waals surface area contributed by atoms with Crippen molar-refractivity contribution in [3.05, 3.63) is 284 Å². The zero-order valence-electron chi connectivity index (χ0n) is 38.4. The van der Waals surface area contributed by atoms with Crippen LogP contribution in [0, 0.1) is 39.8 Å². The first-order valence-corrected chi connectivity index (χ1v) is 23.8. The van der Waals surface area contributed by atoms with Crippen molar-refractivity contribution < 1.29 is 4.79 Å². The molecule has 68 heavy (non-hydrogen) atoms. The van der Waals surface area contributed by atoms with Crippen LogP contribution >= 0.6 is 0 Å². The number of aryl methyl sites for hydroxylation is 4. The van der Waals surface area contributed by atoms with E-state index in [1.54, 1.807) is 0 Å². The molecule has 1 heteroatoms. The Morgan fingerprint density at radius 2 is 0.765 bits per heavy atom. The maximum Gasteiger partial charge on any atom is 0.193 e. The normalized spacial score (nSPS) is 14.1. The van der Waals surface area contributed by atoms with Gasteiger partial charge in [0.1, 0.15) is 0 Å². The van der Waals surface area contributed by atoms with Crippen LogP contribution in [0.2, 0.25) is 0 Å². The Hall–Kier alpha value is -8.31. The van der Waals surface area contributed by atoms with E-state index in [4.69, 9.17) is 0 Å². The molecule has 4 aliphatic rings. The predicted molar refractivity (Wildman–Crippen MR) is 276 cm³/mol. The van der Waals surface area contributed by atoms with Crippen molar-refractivity contribution >= 4 is 5.78 Å². The molecule has 318 valence electrons. The monoisotopic (exact) mass is 864 g/mol. The minimum Gasteiger partial charge on any atom is -0.289 e. The molecule has 1 unspecified atom stereocenters. The quantitative estimate of drug-likeness (QED) is 0.161. The second-order valence-corrected chi connectivity index (χ2v) is 19.5. The van der Waals surface area contributed by atoms with E-state index in [0.29, 0.717) is 11.1 Å². The molecule has 0 amide bonds. The average molecular weight is 865 g/mol. The van der Waals surface area contributed by atoms with E-state index in [2.05, 4.69) is 234 Å². The number of fused-ring (bicyclic) bond motifs is 20. The maximum atomic E-state index is 15.6. The summed E-state index contributed by atoms with van der Waals surface area (Å²) in [5.74, 6) is 0.0130. The highest BCUT2D eigenvalue weighted by Gasteiger charge is 2.54. The number of carbonyl (C=O) groups excluding carboxylic acids is 1. The lowest BCUT2D eigenvalue weighted by Gasteiger charge is -2.31. The molecule has 0 heterocycles. The van der Waals surface area contributed by atoms with Crippen molar-refractivity contribution in [2.75, 3.05) is 0 Å². The van der Waals surface area contributed by atoms with E-state index in [-0.39, 0.29) is 5.78 Å². The number of ketones is 1. The summed E-state index contributed by atoms with van der Waals surface area (Å²) in [5, 5.41) is 0. The van der Waals surface area contributed by atoms with Crippen molar-refractivity contribution in [3.8, 4) is 66.8 Å². The maximum absolute atomic E-state index is 15.6. The SMILES string of the molecule is Cc1ccc(C)c(-c2c#cc3c(c2)C2(c4cc(-c5cc(C)ccc5C)ccc4-3)c3ccccc3-c3ccc(C(=O)c4ccc5c(c4)C4(c6ccccc6-c6ccccc64)c4ccccc4-5)cc32)c1. The Bertz CT molecular complexity index is 3710. The van der Waals surface area contributed by atoms with Crippen LogP contribution in [-0.2, 0) is 10.8 Å². The lowest BCUT2D eigenvalue weighted by atomic mass is 9.69. The third-order valence-corrected chi connectivity index (χ3v) is 15.9. The smallest absolute Gasteiger partial charge is 0.193 e. The van der Waals surface area contributed by atoms with Crippen molar-refractivity contribution in [1.82, 2.24) is 0 Å². The van der Waals surface area contributed by atoms with Crippen LogP contribution in [0.15, 0.2) is 194 Å². The minimum atomic E-state index is -0.723. The van der Waals surface area contributed by atoms with Gasteiger partial charge < -0.3 is 0 Å². The van der Waals surface area contributed by atoms with E-state index in [1.165, 1.54) is 94.6 Å². The fourth-order valence-electron chi connectivity index (χ4n) is 13.0. The molecular formula is C67H44O. The van der Waals surface area contributed by atoms with Crippen LogP contribution in [0.4, 0.5) is 0 Å². The summed E-state index contributed by atoms with van der Waals surface area (Å²) < 4.78 is 0. The predicted octanol–water partition coefficient (Wildman–Crippen LogP) is 15.8. The van der Waals surface area contributed by atoms with Gasteiger partial charge >= 0.3 is 0 Å².